The summed E-state index contributed by atoms with van der Waals surface area (Å²) in [4.78, 5) is 70.8. The van der Waals surface area contributed by atoms with Crippen molar-refractivity contribution in [1.82, 2.24) is 10.9 Å². The Morgan fingerprint density at radius 2 is 1.06 bits per heavy atom. The average molecular weight is 667 g/mol. The Hall–Kier alpha value is -7.10. The van der Waals surface area contributed by atoms with Gasteiger partial charge in [0.2, 0.25) is 23.3 Å². The first-order valence-electron chi connectivity index (χ1n) is 14.2. The molecule has 0 atom stereocenters. The van der Waals surface area contributed by atoms with Crippen LogP contribution < -0.4 is 20.3 Å². The molecule has 4 rings (SSSR count). The van der Waals surface area contributed by atoms with Gasteiger partial charge in [0.1, 0.15) is 6.42 Å². The lowest BCUT2D eigenvalue weighted by Crippen LogP contribution is -2.27. The highest BCUT2D eigenvalue weighted by Crippen LogP contribution is 2.29. The predicted molar refractivity (Wildman–Crippen MR) is 175 cm³/mol. The zero-order valence-corrected chi connectivity index (χ0v) is 25.8. The molecule has 0 saturated heterocycles. The summed E-state index contributed by atoms with van der Waals surface area (Å²) in [5.74, 6) is -3.84. The van der Waals surface area contributed by atoms with Gasteiger partial charge >= 0.3 is 23.3 Å². The number of benzene rings is 4. The number of nitrogens with one attached hydrogen (secondary N) is 2. The fourth-order valence-electron chi connectivity index (χ4n) is 4.13. The van der Waals surface area contributed by atoms with Crippen LogP contribution in [0.5, 0.6) is 11.5 Å². The highest BCUT2D eigenvalue weighted by molar-refractivity contribution is 5.98. The molecule has 0 bridgehead atoms. The SMILES string of the molecule is Cc1cccc(C(=O)Oc2ccc(C=NNC(=O)CC(=O)NN=Cc3ccc(OC(=O)c4cccc(C)c4)c([N+](=O)[O-])c3)cc2[N+](=O)[O-])c1. The summed E-state index contributed by atoms with van der Waals surface area (Å²) in [6, 6.07) is 20.4. The molecule has 0 aliphatic rings. The first kappa shape index (κ1) is 34.8. The maximum atomic E-state index is 12.4. The average Bonchev–Trinajstić information content (AvgIpc) is 3.05. The van der Waals surface area contributed by atoms with Crippen LogP contribution in [0.3, 0.4) is 0 Å². The quantitative estimate of drug-likeness (QED) is 0.0536. The fraction of sp³-hybridized carbons (Fsp3) is 0.0909. The van der Waals surface area contributed by atoms with Crippen LogP contribution in [-0.2, 0) is 9.59 Å². The lowest BCUT2D eigenvalue weighted by molar-refractivity contribution is -0.385. The maximum Gasteiger partial charge on any atom is 0.343 e. The van der Waals surface area contributed by atoms with E-state index in [1.54, 1.807) is 50.2 Å². The fourth-order valence-corrected chi connectivity index (χ4v) is 4.13. The van der Waals surface area contributed by atoms with Crippen molar-refractivity contribution in [3.8, 4) is 11.5 Å². The van der Waals surface area contributed by atoms with Gasteiger partial charge in [0.25, 0.3) is 0 Å². The van der Waals surface area contributed by atoms with E-state index in [1.807, 2.05) is 0 Å². The minimum absolute atomic E-state index is 0.182. The molecule has 16 heteroatoms. The Morgan fingerprint density at radius 3 is 1.43 bits per heavy atom. The number of hydrogen-bond donors (Lipinski definition) is 2. The molecule has 0 unspecified atom stereocenters. The van der Waals surface area contributed by atoms with E-state index in [2.05, 4.69) is 21.1 Å². The normalized spacial score (nSPS) is 10.8. The summed E-state index contributed by atoms with van der Waals surface area (Å²) in [6.07, 6.45) is 1.46. The second kappa shape index (κ2) is 15.9. The van der Waals surface area contributed by atoms with Crippen LogP contribution in [0.25, 0.3) is 0 Å². The number of carbonyl (C=O) groups excluding carboxylic acids is 4. The molecule has 0 spiro atoms. The van der Waals surface area contributed by atoms with Crippen LogP contribution in [0.4, 0.5) is 11.4 Å². The van der Waals surface area contributed by atoms with E-state index in [9.17, 15) is 39.4 Å². The summed E-state index contributed by atoms with van der Waals surface area (Å²) < 4.78 is 10.4. The number of hydrogen-bond acceptors (Lipinski definition) is 12. The minimum atomic E-state index is -0.849. The molecule has 16 nitrogen and oxygen atoms in total. The number of hydrazone groups is 2. The molecule has 2 amide bonds. The Balaban J connectivity index is 1.30. The number of nitro benzene ring substituents is 2. The number of nitro groups is 2. The van der Waals surface area contributed by atoms with E-state index >= 15 is 0 Å². The zero-order chi connectivity index (χ0) is 35.5. The van der Waals surface area contributed by atoms with Gasteiger partial charge in [0.15, 0.2) is 0 Å². The second-order valence-electron chi connectivity index (χ2n) is 10.2. The third-order valence-electron chi connectivity index (χ3n) is 6.40. The Labute approximate surface area is 277 Å². The van der Waals surface area contributed by atoms with E-state index in [4.69, 9.17) is 9.47 Å². The number of amides is 2. The summed E-state index contributed by atoms with van der Waals surface area (Å²) >= 11 is 0. The van der Waals surface area contributed by atoms with Crippen molar-refractivity contribution in [2.24, 2.45) is 10.2 Å². The highest BCUT2D eigenvalue weighted by atomic mass is 16.6. The van der Waals surface area contributed by atoms with Crippen molar-refractivity contribution in [2.45, 2.75) is 20.3 Å². The summed E-state index contributed by atoms with van der Waals surface area (Å²) in [5.41, 5.74) is 5.56. The Bertz CT molecular complexity index is 1880. The van der Waals surface area contributed by atoms with Gasteiger partial charge in [0, 0.05) is 23.3 Å². The first-order chi connectivity index (χ1) is 23.4. The monoisotopic (exact) mass is 666 g/mol. The van der Waals surface area contributed by atoms with E-state index in [-0.39, 0.29) is 33.8 Å². The second-order valence-corrected chi connectivity index (χ2v) is 10.2. The topological polar surface area (TPSA) is 222 Å². The first-order valence-corrected chi connectivity index (χ1v) is 14.2. The van der Waals surface area contributed by atoms with Crippen LogP contribution in [0, 0.1) is 34.1 Å². The molecule has 4 aromatic rings. The number of rotatable bonds is 12. The predicted octanol–water partition coefficient (Wildman–Crippen LogP) is 4.55. The molecule has 0 fully saturated rings. The molecule has 0 aliphatic carbocycles. The molecule has 4 aromatic carbocycles. The largest absolute Gasteiger partial charge is 0.416 e. The molecular formula is C33H26N6O10. The molecule has 0 aliphatic heterocycles. The van der Waals surface area contributed by atoms with Gasteiger partial charge in [-0.1, -0.05) is 35.4 Å². The maximum absolute atomic E-state index is 12.4. The Kier molecular flexibility index (Phi) is 11.3. The van der Waals surface area contributed by atoms with Gasteiger partial charge < -0.3 is 9.47 Å². The van der Waals surface area contributed by atoms with Crippen molar-refractivity contribution in [1.29, 1.82) is 0 Å². The van der Waals surface area contributed by atoms with E-state index in [0.29, 0.717) is 0 Å². The molecule has 49 heavy (non-hydrogen) atoms. The standard InChI is InChI=1S/C33H26N6O10/c1-20-5-3-7-24(13-20)32(42)48-28-11-9-22(15-26(28)38(44)45)18-34-36-30(40)17-31(41)37-35-19-23-10-12-29(27(16-23)39(46)47)49-33(43)25-8-4-6-21(2)14-25/h3-16,18-19H,17H2,1-2H3,(H,36,40)(H,37,41). The highest BCUT2D eigenvalue weighted by Gasteiger charge is 2.21. The summed E-state index contributed by atoms with van der Waals surface area (Å²) in [5, 5.41) is 30.5. The third kappa shape index (κ3) is 9.94. The lowest BCUT2D eigenvalue weighted by Gasteiger charge is -2.06. The molecular weight excluding hydrogens is 640 g/mol. The van der Waals surface area contributed by atoms with Gasteiger partial charge in [-0.3, -0.25) is 29.8 Å². The minimum Gasteiger partial charge on any atom is -0.416 e. The van der Waals surface area contributed by atoms with E-state index in [0.717, 1.165) is 35.7 Å². The van der Waals surface area contributed by atoms with E-state index in [1.165, 1.54) is 36.4 Å². The smallest absolute Gasteiger partial charge is 0.343 e. The van der Waals surface area contributed by atoms with Gasteiger partial charge in [0.05, 0.1) is 33.4 Å². The summed E-state index contributed by atoms with van der Waals surface area (Å²) in [6.45, 7) is 3.56. The van der Waals surface area contributed by atoms with Crippen LogP contribution in [0.15, 0.2) is 95.1 Å². The zero-order valence-electron chi connectivity index (χ0n) is 25.8. The molecule has 0 aromatic heterocycles. The molecule has 0 heterocycles. The number of aryl methyl sites for hydroxylation is 2. The molecule has 2 N–H and O–H groups in total. The number of ether oxygens (including phenoxy) is 2. The molecule has 248 valence electrons. The van der Waals surface area contributed by atoms with Gasteiger partial charge in [-0.2, -0.15) is 10.2 Å². The lowest BCUT2D eigenvalue weighted by atomic mass is 10.1. The van der Waals surface area contributed by atoms with Crippen molar-refractivity contribution < 1.29 is 38.5 Å². The van der Waals surface area contributed by atoms with Crippen LogP contribution in [0.2, 0.25) is 0 Å². The molecule has 0 radical (unpaired) electrons. The van der Waals surface area contributed by atoms with Crippen LogP contribution in [0.1, 0.15) is 49.4 Å². The van der Waals surface area contributed by atoms with Gasteiger partial charge in [-0.05, 0) is 62.4 Å². The van der Waals surface area contributed by atoms with Gasteiger partial charge in [-0.25, -0.2) is 20.4 Å². The number of carbonyl (C=O) groups is 4. The van der Waals surface area contributed by atoms with Crippen LogP contribution in [-0.4, -0.2) is 46.0 Å². The van der Waals surface area contributed by atoms with Gasteiger partial charge in [-0.15, -0.1) is 0 Å². The van der Waals surface area contributed by atoms with Crippen molar-refractivity contribution >= 4 is 47.6 Å². The van der Waals surface area contributed by atoms with E-state index < -0.39 is 51.4 Å². The van der Waals surface area contributed by atoms with Crippen LogP contribution >= 0.6 is 0 Å². The number of esters is 2. The van der Waals surface area contributed by atoms with Crippen molar-refractivity contribution in [3.63, 3.8) is 0 Å². The number of nitrogens with zero attached hydrogens (tertiary/aromatic N) is 4. The Morgan fingerprint density at radius 1 is 0.653 bits per heavy atom. The third-order valence-corrected chi connectivity index (χ3v) is 6.40. The van der Waals surface area contributed by atoms with Crippen molar-refractivity contribution in [2.75, 3.05) is 0 Å². The summed E-state index contributed by atoms with van der Waals surface area (Å²) in [7, 11) is 0. The van der Waals surface area contributed by atoms with Crippen molar-refractivity contribution in [3.05, 3.63) is 139 Å². The molecule has 0 saturated carbocycles.